The number of hydrogen-bond donors (Lipinski definition) is 0. The lowest BCUT2D eigenvalue weighted by Crippen LogP contribution is -2.60. The Balaban J connectivity index is 1.62. The van der Waals surface area contributed by atoms with E-state index in [1.807, 2.05) is 4.90 Å². The van der Waals surface area contributed by atoms with Crippen molar-refractivity contribution in [1.29, 1.82) is 0 Å². The lowest BCUT2D eigenvalue weighted by atomic mass is 9.95. The van der Waals surface area contributed by atoms with E-state index in [4.69, 9.17) is 0 Å². The number of anilines is 1. The Kier molecular flexibility index (Phi) is 6.61. The van der Waals surface area contributed by atoms with Crippen molar-refractivity contribution >= 4 is 32.2 Å². The molecule has 0 N–H and O–H groups in total. The van der Waals surface area contributed by atoms with Crippen LogP contribution in [-0.2, 0) is 6.18 Å². The molecule has 2 fully saturated rings. The normalized spacial score (nSPS) is 21.2. The Hall–Kier alpha value is -2.31. The van der Waals surface area contributed by atoms with Gasteiger partial charge in [-0.3, -0.25) is 14.9 Å². The molecule has 0 bridgehead atoms. The van der Waals surface area contributed by atoms with Crippen LogP contribution in [0.3, 0.4) is 0 Å². The maximum absolute atomic E-state index is 13.2. The quantitative estimate of drug-likeness (QED) is 0.472. The van der Waals surface area contributed by atoms with Gasteiger partial charge in [0.25, 0.3) is 11.2 Å². The minimum absolute atomic E-state index is 0.0857. The van der Waals surface area contributed by atoms with Crippen molar-refractivity contribution in [2.45, 2.75) is 57.3 Å². The second kappa shape index (κ2) is 9.15. The molecule has 0 amide bonds. The van der Waals surface area contributed by atoms with Crippen LogP contribution in [0.4, 0.5) is 24.0 Å². The van der Waals surface area contributed by atoms with E-state index in [0.29, 0.717) is 42.9 Å². The van der Waals surface area contributed by atoms with Gasteiger partial charge in [0.1, 0.15) is 4.70 Å². The van der Waals surface area contributed by atoms with Crippen molar-refractivity contribution in [3.05, 3.63) is 38.2 Å². The van der Waals surface area contributed by atoms with Gasteiger partial charge in [-0.1, -0.05) is 30.6 Å². The zero-order valence-electron chi connectivity index (χ0n) is 18.5. The lowest BCUT2D eigenvalue weighted by molar-refractivity contribution is -0.383. The van der Waals surface area contributed by atoms with Crippen molar-refractivity contribution in [3.63, 3.8) is 0 Å². The summed E-state index contributed by atoms with van der Waals surface area (Å²) in [6, 6.07) is 1.76. The van der Waals surface area contributed by atoms with Crippen LogP contribution >= 0.6 is 11.3 Å². The zero-order valence-corrected chi connectivity index (χ0v) is 19.3. The number of rotatable bonds is 4. The van der Waals surface area contributed by atoms with Gasteiger partial charge in [0, 0.05) is 44.8 Å². The summed E-state index contributed by atoms with van der Waals surface area (Å²) >= 11 is 0.895. The molecule has 1 aliphatic carbocycles. The molecule has 0 radical (unpaired) electrons. The SMILES string of the molecule is CC1CN(c2nc(=O)c3cc(C(F)(F)F)cc([N+](=O)[O-])c3s2)CCN1N(C)C1CCCCC1. The second-order valence-electron chi connectivity index (χ2n) is 8.75. The number of piperazine rings is 1. The maximum atomic E-state index is 13.2. The van der Waals surface area contributed by atoms with E-state index >= 15 is 0 Å². The summed E-state index contributed by atoms with van der Waals surface area (Å²) < 4.78 is 39.5. The number of fused-ring (bicyclic) bond motifs is 1. The third kappa shape index (κ3) is 4.82. The minimum Gasteiger partial charge on any atom is -0.345 e. The molecule has 1 aromatic heterocycles. The molecule has 0 spiro atoms. The number of benzene rings is 1. The molecule has 8 nitrogen and oxygen atoms in total. The number of alkyl halides is 3. The molecule has 1 aliphatic heterocycles. The van der Waals surface area contributed by atoms with E-state index in [-0.39, 0.29) is 16.1 Å². The van der Waals surface area contributed by atoms with Crippen LogP contribution in [0.2, 0.25) is 0 Å². The number of hydrogen-bond acceptors (Lipinski definition) is 8. The van der Waals surface area contributed by atoms with Crippen LogP contribution in [0.5, 0.6) is 0 Å². The van der Waals surface area contributed by atoms with Crippen molar-refractivity contribution in [2.75, 3.05) is 31.6 Å². The highest BCUT2D eigenvalue weighted by Crippen LogP contribution is 2.38. The van der Waals surface area contributed by atoms with Crippen LogP contribution in [0, 0.1) is 10.1 Å². The lowest BCUT2D eigenvalue weighted by Gasteiger charge is -2.47. The molecule has 33 heavy (non-hydrogen) atoms. The molecular formula is C21H26F3N5O3S. The fourth-order valence-electron chi connectivity index (χ4n) is 4.83. The smallest absolute Gasteiger partial charge is 0.345 e. The number of nitrogens with zero attached hydrogens (tertiary/aromatic N) is 5. The highest BCUT2D eigenvalue weighted by Gasteiger charge is 2.35. The summed E-state index contributed by atoms with van der Waals surface area (Å²) in [5.41, 5.74) is -2.84. The third-order valence-electron chi connectivity index (χ3n) is 6.59. The van der Waals surface area contributed by atoms with Gasteiger partial charge in [-0.05, 0) is 25.8 Å². The maximum Gasteiger partial charge on any atom is 0.416 e. The average molecular weight is 486 g/mol. The van der Waals surface area contributed by atoms with E-state index in [2.05, 4.69) is 29.0 Å². The van der Waals surface area contributed by atoms with Crippen molar-refractivity contribution < 1.29 is 18.1 Å². The van der Waals surface area contributed by atoms with Crippen LogP contribution in [0.25, 0.3) is 10.1 Å². The Morgan fingerprint density at radius 3 is 2.52 bits per heavy atom. The Labute approximate surface area is 192 Å². The Morgan fingerprint density at radius 1 is 1.21 bits per heavy atom. The first kappa shape index (κ1) is 23.8. The van der Waals surface area contributed by atoms with Crippen LogP contribution in [0.1, 0.15) is 44.6 Å². The standard InChI is InChI=1S/C21H26F3N5O3S/c1-13-12-27(8-9-28(13)26(2)15-6-4-3-5-7-15)20-25-19(30)16-10-14(21(22,23)24)11-17(29(31)32)18(16)33-20/h10-11,13,15H,3-9,12H2,1-2H3. The van der Waals surface area contributed by atoms with Gasteiger partial charge in [-0.2, -0.15) is 18.2 Å². The molecule has 1 saturated carbocycles. The fraction of sp³-hybridized carbons (Fsp3) is 0.619. The van der Waals surface area contributed by atoms with Crippen LogP contribution in [-0.4, -0.2) is 58.7 Å². The number of halogens is 3. The molecule has 2 heterocycles. The zero-order chi connectivity index (χ0) is 23.9. The van der Waals surface area contributed by atoms with Gasteiger partial charge in [0.05, 0.1) is 15.9 Å². The number of non-ortho nitro benzene ring substituents is 1. The molecule has 180 valence electrons. The second-order valence-corrected chi connectivity index (χ2v) is 9.73. The first-order valence-electron chi connectivity index (χ1n) is 11.0. The number of nitro benzene ring substituents is 1. The topological polar surface area (TPSA) is 82.8 Å². The summed E-state index contributed by atoms with van der Waals surface area (Å²) in [7, 11) is 2.11. The molecule has 1 unspecified atom stereocenters. The van der Waals surface area contributed by atoms with Crippen molar-refractivity contribution in [2.24, 2.45) is 0 Å². The summed E-state index contributed by atoms with van der Waals surface area (Å²) in [6.45, 7) is 3.89. The van der Waals surface area contributed by atoms with E-state index in [0.717, 1.165) is 11.3 Å². The molecular weight excluding hydrogens is 459 g/mol. The summed E-state index contributed by atoms with van der Waals surface area (Å²) in [4.78, 5) is 29.2. The van der Waals surface area contributed by atoms with Gasteiger partial charge in [-0.25, -0.2) is 10.0 Å². The molecule has 2 aromatic rings. The van der Waals surface area contributed by atoms with Gasteiger partial charge in [-0.15, -0.1) is 0 Å². The molecule has 1 atom stereocenters. The van der Waals surface area contributed by atoms with E-state index in [9.17, 15) is 28.1 Å². The highest BCUT2D eigenvalue weighted by atomic mass is 32.1. The van der Waals surface area contributed by atoms with Crippen LogP contribution in [0.15, 0.2) is 16.9 Å². The van der Waals surface area contributed by atoms with Crippen molar-refractivity contribution in [1.82, 2.24) is 15.0 Å². The fourth-order valence-corrected chi connectivity index (χ4v) is 5.93. The Bertz CT molecular complexity index is 1100. The highest BCUT2D eigenvalue weighted by molar-refractivity contribution is 7.22. The number of aromatic nitrogens is 1. The van der Waals surface area contributed by atoms with E-state index in [1.54, 1.807) is 0 Å². The molecule has 4 rings (SSSR count). The summed E-state index contributed by atoms with van der Waals surface area (Å²) in [5.74, 6) is 0. The van der Waals surface area contributed by atoms with E-state index < -0.39 is 27.9 Å². The monoisotopic (exact) mass is 485 g/mol. The van der Waals surface area contributed by atoms with E-state index in [1.165, 1.54) is 32.1 Å². The first-order valence-corrected chi connectivity index (χ1v) is 11.8. The predicted molar refractivity (Wildman–Crippen MR) is 121 cm³/mol. The molecule has 12 heteroatoms. The van der Waals surface area contributed by atoms with Crippen molar-refractivity contribution in [3.8, 4) is 0 Å². The molecule has 1 saturated heterocycles. The predicted octanol–water partition coefficient (Wildman–Crippen LogP) is 4.27. The third-order valence-corrected chi connectivity index (χ3v) is 7.75. The molecule has 1 aromatic carbocycles. The number of nitro groups is 1. The summed E-state index contributed by atoms with van der Waals surface area (Å²) in [6.07, 6.45) is 1.27. The van der Waals surface area contributed by atoms with Gasteiger partial charge in [0.15, 0.2) is 5.13 Å². The summed E-state index contributed by atoms with van der Waals surface area (Å²) in [5, 5.41) is 16.1. The van der Waals surface area contributed by atoms with Gasteiger partial charge >= 0.3 is 6.18 Å². The molecule has 2 aliphatic rings. The van der Waals surface area contributed by atoms with Crippen LogP contribution < -0.4 is 10.5 Å². The largest absolute Gasteiger partial charge is 0.416 e. The minimum atomic E-state index is -4.80. The number of hydrazine groups is 1. The first-order chi connectivity index (χ1) is 15.6. The van der Waals surface area contributed by atoms with Gasteiger partial charge < -0.3 is 4.90 Å². The van der Waals surface area contributed by atoms with Gasteiger partial charge in [0.2, 0.25) is 0 Å². The average Bonchev–Trinajstić information content (AvgIpc) is 2.77. The Morgan fingerprint density at radius 2 is 1.91 bits per heavy atom.